The molecule has 7 aromatic rings. The van der Waals surface area contributed by atoms with Gasteiger partial charge in [-0.2, -0.15) is 31.0 Å². The number of furan rings is 1. The second kappa shape index (κ2) is 18.4. The van der Waals surface area contributed by atoms with Crippen LogP contribution >= 0.6 is 0 Å². The maximum Gasteiger partial charge on any atom is 0.134 e. The molecule has 1 aliphatic carbocycles. The average Bonchev–Trinajstić information content (AvgIpc) is 3.82. The van der Waals surface area contributed by atoms with Gasteiger partial charge in [0.2, 0.25) is 0 Å². The third kappa shape index (κ3) is 10.5. The summed E-state index contributed by atoms with van der Waals surface area (Å²) in [7, 11) is 7.16. The van der Waals surface area contributed by atoms with Crippen molar-refractivity contribution in [2.24, 2.45) is 11.3 Å². The van der Waals surface area contributed by atoms with Crippen LogP contribution in [0.15, 0.2) is 108 Å². The van der Waals surface area contributed by atoms with Crippen LogP contribution in [0, 0.1) is 46.2 Å². The van der Waals surface area contributed by atoms with Crippen LogP contribution in [0.1, 0.15) is 99.6 Å². The van der Waals surface area contributed by atoms with Crippen LogP contribution < -0.4 is 14.3 Å². The molecule has 0 N–H and O–H groups in total. The molecule has 0 saturated heterocycles. The molecule has 0 atom stereocenters. The standard InChI is InChI=1S/C31H30NO.C25H36NSi.Ir/c1-20-7-9-23(10-8-20)24-11-12-25-27-18-26(21(2)15-29(27)33-30(25)17-24)28-16-22(13-14-32(28)6)19-31(3,4)5;1-18(2)21-12-13-23(19(3)14-21)24-16-22(15-20-10-8-9-11-20)25(17-26(24)4)27(5,6)7;/h7-18H,2,6,19H2,1,3-5H3;12-14,16-18,20H,3-4,8-11,15H2,1-2,5-7H3;/q2*-1;. The predicted molar refractivity (Wildman–Crippen MR) is 258 cm³/mol. The molecular weight excluding hydrogens is 937 g/mol. The summed E-state index contributed by atoms with van der Waals surface area (Å²) in [6, 6.07) is 32.9. The van der Waals surface area contributed by atoms with Crippen molar-refractivity contribution in [3.05, 3.63) is 165 Å². The Bertz CT molecular complexity index is 2650. The quantitative estimate of drug-likeness (QED) is 0.0844. The first kappa shape index (κ1) is 45.8. The Balaban J connectivity index is 0.000000205. The van der Waals surface area contributed by atoms with Crippen LogP contribution in [0.4, 0.5) is 0 Å². The van der Waals surface area contributed by atoms with E-state index in [1.807, 2.05) is 16.8 Å². The van der Waals surface area contributed by atoms with Gasteiger partial charge in [0, 0.05) is 45.0 Å². The summed E-state index contributed by atoms with van der Waals surface area (Å²) >= 11 is 0. The molecule has 0 spiro atoms. The Labute approximate surface area is 382 Å². The van der Waals surface area contributed by atoms with Crippen LogP contribution in [0.25, 0.3) is 55.6 Å². The van der Waals surface area contributed by atoms with Gasteiger partial charge in [0.1, 0.15) is 5.58 Å². The third-order valence-electron chi connectivity index (χ3n) is 12.3. The first-order valence-corrected chi connectivity index (χ1v) is 25.5. The number of pyridine rings is 2. The van der Waals surface area contributed by atoms with Gasteiger partial charge in [-0.25, -0.2) is 0 Å². The van der Waals surface area contributed by atoms with Gasteiger partial charge >= 0.3 is 0 Å². The molecule has 0 unspecified atom stereocenters. The molecule has 0 bridgehead atoms. The molecule has 0 amide bonds. The van der Waals surface area contributed by atoms with Gasteiger partial charge < -0.3 is 13.6 Å². The molecule has 61 heavy (non-hydrogen) atoms. The fourth-order valence-corrected chi connectivity index (χ4v) is 10.7. The Hall–Kier alpha value is -4.67. The van der Waals surface area contributed by atoms with E-state index in [0.717, 1.165) is 62.2 Å². The van der Waals surface area contributed by atoms with Gasteiger partial charge in [0.15, 0.2) is 0 Å². The zero-order valence-electron chi connectivity index (χ0n) is 38.2. The van der Waals surface area contributed by atoms with Crippen LogP contribution in [-0.2, 0) is 32.9 Å². The van der Waals surface area contributed by atoms with Gasteiger partial charge in [-0.15, -0.1) is 34.9 Å². The maximum absolute atomic E-state index is 6.27. The molecule has 4 aromatic carbocycles. The summed E-state index contributed by atoms with van der Waals surface area (Å²) < 4.78 is 10.3. The van der Waals surface area contributed by atoms with Crippen molar-refractivity contribution in [3.63, 3.8) is 0 Å². The molecule has 1 fully saturated rings. The molecule has 0 aliphatic heterocycles. The summed E-state index contributed by atoms with van der Waals surface area (Å²) in [6.07, 6.45) is 12.2. The molecule has 1 saturated carbocycles. The second-order valence-electron chi connectivity index (χ2n) is 20.1. The minimum absolute atomic E-state index is 0. The van der Waals surface area contributed by atoms with Crippen molar-refractivity contribution in [2.75, 3.05) is 0 Å². The molecular formula is C56H66IrN2OSi-2. The van der Waals surface area contributed by atoms with E-state index in [1.54, 1.807) is 10.8 Å². The largest absolute Gasteiger partial charge is 0.469 e. The SMILES string of the molecule is [CH2-]c1cc(C(C)C)ccc1-c1cc(CC2CCCC2)c([Si](C)(C)C)c[n+]1[CH2-].[CH2-]c1cc2oc3cc(-c4ccc(C)cc4)ccc3c2cc1-c1cc(CC(C)(C)C)cc[n+]1[CH2-].[Ir]. The van der Waals surface area contributed by atoms with E-state index in [0.29, 0.717) is 5.92 Å². The second-order valence-corrected chi connectivity index (χ2v) is 25.1. The summed E-state index contributed by atoms with van der Waals surface area (Å²) in [5.74, 6) is 1.38. The van der Waals surface area contributed by atoms with E-state index in [9.17, 15) is 0 Å². The number of benzene rings is 4. The van der Waals surface area contributed by atoms with Gasteiger partial charge in [0.25, 0.3) is 0 Å². The first-order chi connectivity index (χ1) is 28.3. The number of rotatable bonds is 8. The molecule has 3 heterocycles. The topological polar surface area (TPSA) is 20.9 Å². The van der Waals surface area contributed by atoms with Crippen LogP contribution in [0.2, 0.25) is 19.6 Å². The number of hydrogen-bond donors (Lipinski definition) is 0. The van der Waals surface area contributed by atoms with Gasteiger partial charge in [-0.05, 0) is 65.5 Å². The zero-order valence-corrected chi connectivity index (χ0v) is 41.6. The molecule has 3 aromatic heterocycles. The maximum atomic E-state index is 6.27. The Kier molecular flexibility index (Phi) is 13.8. The van der Waals surface area contributed by atoms with Gasteiger partial charge in [-0.1, -0.05) is 151 Å². The van der Waals surface area contributed by atoms with Gasteiger partial charge in [0.05, 0.1) is 37.4 Å². The van der Waals surface area contributed by atoms with E-state index in [-0.39, 0.29) is 25.5 Å². The molecule has 1 aliphatic rings. The van der Waals surface area contributed by atoms with Gasteiger partial charge in [-0.3, -0.25) is 0 Å². The summed E-state index contributed by atoms with van der Waals surface area (Å²) in [4.78, 5) is 0. The number of hydrogen-bond acceptors (Lipinski definition) is 1. The Morgan fingerprint density at radius 3 is 2.00 bits per heavy atom. The minimum Gasteiger partial charge on any atom is -0.469 e. The molecule has 1 radical (unpaired) electrons. The molecule has 8 rings (SSSR count). The summed E-state index contributed by atoms with van der Waals surface area (Å²) in [5.41, 5.74) is 16.4. The van der Waals surface area contributed by atoms with Crippen molar-refractivity contribution in [3.8, 4) is 33.6 Å². The smallest absolute Gasteiger partial charge is 0.134 e. The van der Waals surface area contributed by atoms with E-state index >= 15 is 0 Å². The molecule has 321 valence electrons. The first-order valence-electron chi connectivity index (χ1n) is 22.0. The van der Waals surface area contributed by atoms with Crippen molar-refractivity contribution in [2.45, 2.75) is 106 Å². The number of aromatic nitrogens is 2. The fourth-order valence-electron chi connectivity index (χ4n) is 9.01. The monoisotopic (exact) mass is 1000 g/mol. The van der Waals surface area contributed by atoms with Crippen LogP contribution in [0.5, 0.6) is 0 Å². The normalized spacial score (nSPS) is 13.4. The van der Waals surface area contributed by atoms with Crippen molar-refractivity contribution >= 4 is 35.2 Å². The number of aryl methyl sites for hydroxylation is 1. The Morgan fingerprint density at radius 2 is 1.36 bits per heavy atom. The summed E-state index contributed by atoms with van der Waals surface area (Å²) in [5, 5.41) is 3.78. The zero-order chi connectivity index (χ0) is 43.1. The predicted octanol–water partition coefficient (Wildman–Crippen LogP) is 13.8. The third-order valence-corrected chi connectivity index (χ3v) is 14.4. The summed E-state index contributed by atoms with van der Waals surface area (Å²) in [6.45, 7) is 29.4. The number of fused-ring (bicyclic) bond motifs is 3. The van der Waals surface area contributed by atoms with E-state index in [2.05, 4.69) is 185 Å². The molecule has 3 nitrogen and oxygen atoms in total. The van der Waals surface area contributed by atoms with E-state index < -0.39 is 8.07 Å². The fraction of sp³-hybridized carbons (Fsp3) is 0.321. The number of nitrogens with zero attached hydrogens (tertiary/aromatic N) is 2. The molecule has 5 heteroatoms. The van der Waals surface area contributed by atoms with Crippen molar-refractivity contribution in [1.82, 2.24) is 0 Å². The van der Waals surface area contributed by atoms with Crippen molar-refractivity contribution < 1.29 is 33.7 Å². The minimum atomic E-state index is -1.42. The van der Waals surface area contributed by atoms with Crippen LogP contribution in [0.3, 0.4) is 0 Å². The average molecular weight is 1000 g/mol. The van der Waals surface area contributed by atoms with Crippen molar-refractivity contribution in [1.29, 1.82) is 0 Å². The van der Waals surface area contributed by atoms with E-state index in [4.69, 9.17) is 4.42 Å². The van der Waals surface area contributed by atoms with Crippen LogP contribution in [-0.4, -0.2) is 8.07 Å². The Morgan fingerprint density at radius 1 is 0.721 bits per heavy atom. The van der Waals surface area contributed by atoms with E-state index in [1.165, 1.54) is 65.6 Å².